The molecular weight excluding hydrogens is 368 g/mol. The van der Waals surface area contributed by atoms with E-state index in [1.165, 1.54) is 0 Å². The van der Waals surface area contributed by atoms with Crippen molar-refractivity contribution in [1.82, 2.24) is 19.4 Å². The van der Waals surface area contributed by atoms with Crippen LogP contribution < -0.4 is 4.87 Å². The van der Waals surface area contributed by atoms with Gasteiger partial charge in [0.15, 0.2) is 0 Å². The van der Waals surface area contributed by atoms with E-state index >= 15 is 0 Å². The number of amides is 1. The normalized spacial score (nSPS) is 16.2. The summed E-state index contributed by atoms with van der Waals surface area (Å²) in [6.07, 6.45) is 0. The van der Waals surface area contributed by atoms with Crippen LogP contribution >= 0.6 is 22.7 Å². The number of carbonyl (C=O) groups is 1. The van der Waals surface area contributed by atoms with Crippen molar-refractivity contribution in [2.24, 2.45) is 0 Å². The van der Waals surface area contributed by atoms with E-state index in [1.54, 1.807) is 21.3 Å². The summed E-state index contributed by atoms with van der Waals surface area (Å²) in [6, 6.07) is 0. The molecule has 1 aliphatic rings. The fraction of sp³-hybridized carbons (Fsp3) is 0.611. The highest BCUT2D eigenvalue weighted by molar-refractivity contribution is 7.09. The molecule has 1 saturated heterocycles. The van der Waals surface area contributed by atoms with Crippen LogP contribution in [-0.4, -0.2) is 51.4 Å². The average molecular weight is 395 g/mol. The van der Waals surface area contributed by atoms with Crippen molar-refractivity contribution in [3.8, 4) is 0 Å². The molecule has 1 amide bonds. The van der Waals surface area contributed by atoms with Crippen LogP contribution in [0.3, 0.4) is 0 Å². The minimum atomic E-state index is -0.0623. The SMILES string of the molecule is Cc1csc(=O)n1CC(=O)N1CCN(Cc2csc(C(C)(C)C)n2)CC1. The van der Waals surface area contributed by atoms with E-state index < -0.39 is 0 Å². The van der Waals surface area contributed by atoms with Crippen LogP contribution in [0.25, 0.3) is 0 Å². The van der Waals surface area contributed by atoms with Crippen LogP contribution in [-0.2, 0) is 23.3 Å². The molecule has 6 nitrogen and oxygen atoms in total. The Labute approximate surface area is 162 Å². The first-order chi connectivity index (χ1) is 12.2. The zero-order valence-corrected chi connectivity index (χ0v) is 17.5. The maximum absolute atomic E-state index is 12.5. The monoisotopic (exact) mass is 394 g/mol. The van der Waals surface area contributed by atoms with E-state index in [0.717, 1.165) is 47.4 Å². The fourth-order valence-corrected chi connectivity index (χ4v) is 4.57. The fourth-order valence-electron chi connectivity index (χ4n) is 2.94. The third kappa shape index (κ3) is 4.42. The lowest BCUT2D eigenvalue weighted by molar-refractivity contribution is -0.133. The highest BCUT2D eigenvalue weighted by Crippen LogP contribution is 2.26. The van der Waals surface area contributed by atoms with Gasteiger partial charge in [0.2, 0.25) is 5.91 Å². The number of aromatic nitrogens is 2. The van der Waals surface area contributed by atoms with Crippen molar-refractivity contribution in [3.05, 3.63) is 36.8 Å². The zero-order valence-electron chi connectivity index (χ0n) is 15.8. The molecule has 0 saturated carbocycles. The number of piperazine rings is 1. The standard InChI is InChI=1S/C18H26N4O2S2/c1-13-11-26-17(24)22(13)10-15(23)21-7-5-20(6-8-21)9-14-12-25-16(19-14)18(2,3)4/h11-12H,5-10H2,1-4H3. The van der Waals surface area contributed by atoms with Crippen LogP contribution in [0.4, 0.5) is 0 Å². The third-order valence-electron chi connectivity index (χ3n) is 4.57. The Morgan fingerprint density at radius 1 is 1.15 bits per heavy atom. The molecule has 0 atom stereocenters. The van der Waals surface area contributed by atoms with Crippen molar-refractivity contribution in [1.29, 1.82) is 0 Å². The van der Waals surface area contributed by atoms with Crippen molar-refractivity contribution < 1.29 is 4.79 Å². The molecule has 3 heterocycles. The highest BCUT2D eigenvalue weighted by atomic mass is 32.1. The van der Waals surface area contributed by atoms with Crippen molar-refractivity contribution in [3.63, 3.8) is 0 Å². The number of hydrogen-bond donors (Lipinski definition) is 0. The van der Waals surface area contributed by atoms with Gasteiger partial charge in [0, 0.05) is 54.6 Å². The van der Waals surface area contributed by atoms with Gasteiger partial charge in [0.1, 0.15) is 6.54 Å². The summed E-state index contributed by atoms with van der Waals surface area (Å²) in [7, 11) is 0. The second-order valence-electron chi connectivity index (χ2n) is 7.78. The maximum Gasteiger partial charge on any atom is 0.307 e. The van der Waals surface area contributed by atoms with Gasteiger partial charge in [0.05, 0.1) is 10.7 Å². The van der Waals surface area contributed by atoms with Gasteiger partial charge >= 0.3 is 4.87 Å². The minimum Gasteiger partial charge on any atom is -0.339 e. The zero-order chi connectivity index (χ0) is 18.9. The van der Waals surface area contributed by atoms with Gasteiger partial charge in [-0.15, -0.1) is 11.3 Å². The van der Waals surface area contributed by atoms with E-state index in [0.29, 0.717) is 13.1 Å². The molecule has 26 heavy (non-hydrogen) atoms. The largest absolute Gasteiger partial charge is 0.339 e. The molecule has 8 heteroatoms. The lowest BCUT2D eigenvalue weighted by Crippen LogP contribution is -2.49. The number of aryl methyl sites for hydroxylation is 1. The van der Waals surface area contributed by atoms with Gasteiger partial charge in [-0.2, -0.15) is 0 Å². The van der Waals surface area contributed by atoms with Gasteiger partial charge < -0.3 is 4.90 Å². The minimum absolute atomic E-state index is 0.0249. The van der Waals surface area contributed by atoms with Crippen molar-refractivity contribution >= 4 is 28.6 Å². The molecule has 0 spiro atoms. The number of rotatable bonds is 4. The van der Waals surface area contributed by atoms with Crippen LogP contribution in [0.15, 0.2) is 15.6 Å². The van der Waals surface area contributed by atoms with Crippen molar-refractivity contribution in [2.45, 2.75) is 46.2 Å². The molecule has 2 aromatic heterocycles. The molecule has 0 unspecified atom stereocenters. The first-order valence-corrected chi connectivity index (χ1v) is 10.6. The molecule has 142 valence electrons. The lowest BCUT2D eigenvalue weighted by Gasteiger charge is -2.34. The summed E-state index contributed by atoms with van der Waals surface area (Å²) in [6.45, 7) is 12.5. The van der Waals surface area contributed by atoms with Gasteiger partial charge in [0.25, 0.3) is 0 Å². The Balaban J connectivity index is 1.52. The van der Waals surface area contributed by atoms with E-state index in [4.69, 9.17) is 4.98 Å². The van der Waals surface area contributed by atoms with Gasteiger partial charge in [-0.3, -0.25) is 19.1 Å². The summed E-state index contributed by atoms with van der Waals surface area (Å²) in [4.78, 5) is 33.2. The van der Waals surface area contributed by atoms with Gasteiger partial charge in [-0.05, 0) is 6.92 Å². The molecule has 1 aliphatic heterocycles. The molecule has 1 fully saturated rings. The van der Waals surface area contributed by atoms with E-state index in [1.807, 2.05) is 11.8 Å². The van der Waals surface area contributed by atoms with Crippen LogP contribution in [0.2, 0.25) is 0 Å². The predicted molar refractivity (Wildman–Crippen MR) is 106 cm³/mol. The van der Waals surface area contributed by atoms with Crippen LogP contribution in [0.1, 0.15) is 37.2 Å². The molecule has 3 rings (SSSR count). The second kappa shape index (κ2) is 7.62. The molecule has 0 aromatic carbocycles. The Morgan fingerprint density at radius 2 is 1.85 bits per heavy atom. The van der Waals surface area contributed by atoms with Gasteiger partial charge in [-0.1, -0.05) is 32.1 Å². The Hall–Kier alpha value is -1.51. The van der Waals surface area contributed by atoms with E-state index in [-0.39, 0.29) is 22.7 Å². The average Bonchev–Trinajstić information content (AvgIpc) is 3.17. The number of thiazole rings is 2. The summed E-state index contributed by atoms with van der Waals surface area (Å²) in [5, 5.41) is 5.11. The van der Waals surface area contributed by atoms with E-state index in [2.05, 4.69) is 31.1 Å². The quantitative estimate of drug-likeness (QED) is 0.799. The van der Waals surface area contributed by atoms with Gasteiger partial charge in [-0.25, -0.2) is 4.98 Å². The first-order valence-electron chi connectivity index (χ1n) is 8.84. The predicted octanol–water partition coefficient (Wildman–Crippen LogP) is 2.32. The molecule has 2 aromatic rings. The molecule has 0 radical (unpaired) electrons. The number of nitrogens with zero attached hydrogens (tertiary/aromatic N) is 4. The Morgan fingerprint density at radius 3 is 2.38 bits per heavy atom. The topological polar surface area (TPSA) is 58.4 Å². The van der Waals surface area contributed by atoms with Crippen LogP contribution in [0.5, 0.6) is 0 Å². The smallest absolute Gasteiger partial charge is 0.307 e. The summed E-state index contributed by atoms with van der Waals surface area (Å²) >= 11 is 2.87. The summed E-state index contributed by atoms with van der Waals surface area (Å²) < 4.78 is 1.56. The maximum atomic E-state index is 12.5. The van der Waals surface area contributed by atoms with E-state index in [9.17, 15) is 9.59 Å². The third-order valence-corrected chi connectivity index (χ3v) is 6.77. The number of carbonyl (C=O) groups excluding carboxylic acids is 1. The molecule has 0 aliphatic carbocycles. The molecular formula is C18H26N4O2S2. The summed E-state index contributed by atoms with van der Waals surface area (Å²) in [5.41, 5.74) is 2.05. The number of hydrogen-bond acceptors (Lipinski definition) is 6. The molecule has 0 bridgehead atoms. The highest BCUT2D eigenvalue weighted by Gasteiger charge is 2.23. The first kappa shape index (κ1) is 19.3. The second-order valence-corrected chi connectivity index (χ2v) is 9.46. The summed E-state index contributed by atoms with van der Waals surface area (Å²) in [5.74, 6) is 0.0249. The Kier molecular flexibility index (Phi) is 5.64. The Bertz CT molecular complexity index is 823. The molecule has 0 N–H and O–H groups in total. The van der Waals surface area contributed by atoms with Crippen LogP contribution in [0, 0.1) is 6.92 Å². The lowest BCUT2D eigenvalue weighted by atomic mass is 9.98. The van der Waals surface area contributed by atoms with Crippen molar-refractivity contribution in [2.75, 3.05) is 26.2 Å².